The number of rotatable bonds is 2. The first kappa shape index (κ1) is 10.6. The van der Waals surface area contributed by atoms with Crippen LogP contribution in [0.4, 0.5) is 5.69 Å². The summed E-state index contributed by atoms with van der Waals surface area (Å²) in [5.74, 6) is 0. The summed E-state index contributed by atoms with van der Waals surface area (Å²) in [5.41, 5.74) is 0.909. The summed E-state index contributed by atoms with van der Waals surface area (Å²) in [4.78, 5) is 14.0. The molecule has 1 rings (SSSR count). The van der Waals surface area contributed by atoms with Gasteiger partial charge in [-0.05, 0) is 17.9 Å². The van der Waals surface area contributed by atoms with Crippen molar-refractivity contribution in [2.24, 2.45) is 5.41 Å². The predicted molar refractivity (Wildman–Crippen MR) is 54.1 cm³/mol. The Morgan fingerprint density at radius 2 is 2.14 bits per heavy atom. The predicted octanol–water partition coefficient (Wildman–Crippen LogP) is 2.58. The van der Waals surface area contributed by atoms with E-state index in [-0.39, 0.29) is 16.0 Å². The summed E-state index contributed by atoms with van der Waals surface area (Å²) >= 11 is 0. The van der Waals surface area contributed by atoms with Crippen molar-refractivity contribution in [1.29, 1.82) is 0 Å². The quantitative estimate of drug-likeness (QED) is 0.537. The molecule has 14 heavy (non-hydrogen) atoms. The Morgan fingerprint density at radius 1 is 1.50 bits per heavy atom. The first-order valence-corrected chi connectivity index (χ1v) is 4.47. The summed E-state index contributed by atoms with van der Waals surface area (Å²) in [6.07, 6.45) is 3.58. The number of hydrogen-bond donors (Lipinski definition) is 0. The number of pyridine rings is 1. The second kappa shape index (κ2) is 3.74. The minimum Gasteiger partial charge on any atom is -0.258 e. The van der Waals surface area contributed by atoms with Gasteiger partial charge in [0.25, 0.3) is 5.69 Å². The summed E-state index contributed by atoms with van der Waals surface area (Å²) in [6.45, 7) is 6.16. The largest absolute Gasteiger partial charge is 0.290 e. The molecule has 1 aromatic heterocycles. The van der Waals surface area contributed by atoms with Crippen LogP contribution in [-0.4, -0.2) is 9.91 Å². The highest BCUT2D eigenvalue weighted by Gasteiger charge is 2.19. The van der Waals surface area contributed by atoms with Crippen molar-refractivity contribution in [3.05, 3.63) is 34.1 Å². The smallest absolute Gasteiger partial charge is 0.258 e. The van der Waals surface area contributed by atoms with Crippen molar-refractivity contribution < 1.29 is 4.92 Å². The highest BCUT2D eigenvalue weighted by Crippen LogP contribution is 2.25. The fourth-order valence-corrected chi connectivity index (χ4v) is 1.30. The van der Waals surface area contributed by atoms with Gasteiger partial charge in [0.1, 0.15) is 6.20 Å². The van der Waals surface area contributed by atoms with Gasteiger partial charge in [-0.2, -0.15) is 0 Å². The van der Waals surface area contributed by atoms with Crippen LogP contribution in [0.5, 0.6) is 0 Å². The fourth-order valence-electron chi connectivity index (χ4n) is 1.30. The molecular formula is C10H14N2O2. The lowest BCUT2D eigenvalue weighted by atomic mass is 9.88. The molecule has 0 saturated heterocycles. The number of nitro groups is 1. The van der Waals surface area contributed by atoms with Crippen molar-refractivity contribution in [2.75, 3.05) is 0 Å². The van der Waals surface area contributed by atoms with E-state index in [9.17, 15) is 10.1 Å². The number of hydrogen-bond acceptors (Lipinski definition) is 3. The third-order valence-corrected chi connectivity index (χ3v) is 1.81. The zero-order valence-corrected chi connectivity index (χ0v) is 8.65. The number of aromatic nitrogens is 1. The summed E-state index contributed by atoms with van der Waals surface area (Å²) in [6, 6.07) is 1.71. The van der Waals surface area contributed by atoms with Gasteiger partial charge in [-0.3, -0.25) is 15.1 Å². The maximum atomic E-state index is 10.7. The van der Waals surface area contributed by atoms with E-state index < -0.39 is 0 Å². The fraction of sp³-hybridized carbons (Fsp3) is 0.500. The Hall–Kier alpha value is -1.45. The molecule has 0 unspecified atom stereocenters. The van der Waals surface area contributed by atoms with Gasteiger partial charge < -0.3 is 0 Å². The molecule has 4 heteroatoms. The average Bonchev–Trinajstić information content (AvgIpc) is 2.01. The Kier molecular flexibility index (Phi) is 2.84. The van der Waals surface area contributed by atoms with Gasteiger partial charge in [0.2, 0.25) is 0 Å². The minimum absolute atomic E-state index is 0.0477. The molecule has 0 N–H and O–H groups in total. The second-order valence-corrected chi connectivity index (χ2v) is 4.50. The standard InChI is InChI=1S/C10H14N2O2/c1-10(2,3)6-8-4-5-11-7-9(8)12(13)14/h4-5,7H,6H2,1-3H3. The number of nitrogens with zero attached hydrogens (tertiary/aromatic N) is 2. The Morgan fingerprint density at radius 3 is 2.64 bits per heavy atom. The van der Waals surface area contributed by atoms with E-state index in [2.05, 4.69) is 25.8 Å². The first-order chi connectivity index (χ1) is 6.40. The molecule has 0 fully saturated rings. The minimum atomic E-state index is -0.381. The molecule has 0 spiro atoms. The van der Waals surface area contributed by atoms with E-state index in [1.54, 1.807) is 12.3 Å². The molecule has 0 aromatic carbocycles. The van der Waals surface area contributed by atoms with Gasteiger partial charge >= 0.3 is 0 Å². The molecule has 1 aromatic rings. The van der Waals surface area contributed by atoms with Crippen LogP contribution < -0.4 is 0 Å². The lowest BCUT2D eigenvalue weighted by molar-refractivity contribution is -0.386. The van der Waals surface area contributed by atoms with E-state index in [0.29, 0.717) is 6.42 Å². The molecule has 0 aliphatic carbocycles. The van der Waals surface area contributed by atoms with Gasteiger partial charge in [0.15, 0.2) is 0 Å². The van der Waals surface area contributed by atoms with E-state index >= 15 is 0 Å². The van der Waals surface area contributed by atoms with E-state index in [1.807, 2.05) is 0 Å². The highest BCUT2D eigenvalue weighted by atomic mass is 16.6. The zero-order valence-electron chi connectivity index (χ0n) is 8.65. The molecule has 0 bridgehead atoms. The van der Waals surface area contributed by atoms with Crippen molar-refractivity contribution in [1.82, 2.24) is 4.98 Å². The third kappa shape index (κ3) is 2.80. The monoisotopic (exact) mass is 194 g/mol. The maximum Gasteiger partial charge on any atom is 0.290 e. The topological polar surface area (TPSA) is 56.0 Å². The van der Waals surface area contributed by atoms with Crippen LogP contribution in [0.15, 0.2) is 18.5 Å². The van der Waals surface area contributed by atoms with Crippen LogP contribution >= 0.6 is 0 Å². The van der Waals surface area contributed by atoms with Crippen molar-refractivity contribution in [3.8, 4) is 0 Å². The Bertz CT molecular complexity index is 342. The van der Waals surface area contributed by atoms with E-state index in [1.165, 1.54) is 6.20 Å². The van der Waals surface area contributed by atoms with Crippen molar-refractivity contribution >= 4 is 5.69 Å². The van der Waals surface area contributed by atoms with Gasteiger partial charge in [0.05, 0.1) is 4.92 Å². The third-order valence-electron chi connectivity index (χ3n) is 1.81. The van der Waals surface area contributed by atoms with Gasteiger partial charge in [-0.25, -0.2) is 0 Å². The van der Waals surface area contributed by atoms with E-state index in [4.69, 9.17) is 0 Å². The van der Waals surface area contributed by atoms with Crippen LogP contribution in [0, 0.1) is 15.5 Å². The van der Waals surface area contributed by atoms with Crippen LogP contribution in [0.25, 0.3) is 0 Å². The molecule has 0 atom stereocenters. The molecule has 0 amide bonds. The molecule has 0 aliphatic rings. The molecule has 0 radical (unpaired) electrons. The maximum absolute atomic E-state index is 10.7. The SMILES string of the molecule is CC(C)(C)Cc1ccncc1[N+](=O)[O-]. The normalized spacial score (nSPS) is 11.4. The highest BCUT2D eigenvalue weighted by molar-refractivity contribution is 5.37. The Balaban J connectivity index is 3.02. The lowest BCUT2D eigenvalue weighted by Crippen LogP contribution is -2.10. The van der Waals surface area contributed by atoms with Crippen molar-refractivity contribution in [2.45, 2.75) is 27.2 Å². The van der Waals surface area contributed by atoms with Gasteiger partial charge in [0, 0.05) is 11.8 Å². The molecule has 0 aliphatic heterocycles. The summed E-state index contributed by atoms with van der Waals surface area (Å²) in [7, 11) is 0. The molecule has 4 nitrogen and oxygen atoms in total. The molecular weight excluding hydrogens is 180 g/mol. The van der Waals surface area contributed by atoms with Crippen LogP contribution in [0.3, 0.4) is 0 Å². The lowest BCUT2D eigenvalue weighted by Gasteiger charge is -2.17. The Labute approximate surface area is 83.1 Å². The first-order valence-electron chi connectivity index (χ1n) is 4.47. The molecule has 1 heterocycles. The van der Waals surface area contributed by atoms with Crippen molar-refractivity contribution in [3.63, 3.8) is 0 Å². The van der Waals surface area contributed by atoms with Crippen LogP contribution in [0.2, 0.25) is 0 Å². The summed E-state index contributed by atoms with van der Waals surface area (Å²) in [5, 5.41) is 10.7. The van der Waals surface area contributed by atoms with Gasteiger partial charge in [-0.15, -0.1) is 0 Å². The summed E-state index contributed by atoms with van der Waals surface area (Å²) < 4.78 is 0. The second-order valence-electron chi connectivity index (χ2n) is 4.50. The average molecular weight is 194 g/mol. The van der Waals surface area contributed by atoms with Gasteiger partial charge in [-0.1, -0.05) is 20.8 Å². The molecule has 76 valence electrons. The molecule has 0 saturated carbocycles. The van der Waals surface area contributed by atoms with E-state index in [0.717, 1.165) is 5.56 Å². The van der Waals surface area contributed by atoms with Crippen LogP contribution in [-0.2, 0) is 6.42 Å². The van der Waals surface area contributed by atoms with Crippen LogP contribution in [0.1, 0.15) is 26.3 Å². The zero-order chi connectivity index (χ0) is 10.8.